The van der Waals surface area contributed by atoms with Crippen LogP contribution in [0.15, 0.2) is 23.3 Å². The third kappa shape index (κ3) is 2.75. The quantitative estimate of drug-likeness (QED) is 0.501. The molecule has 1 unspecified atom stereocenters. The Balaban J connectivity index is 0.000000149. The monoisotopic (exact) mass is 249 g/mol. The van der Waals surface area contributed by atoms with E-state index in [0.29, 0.717) is 11.2 Å². The van der Waals surface area contributed by atoms with Gasteiger partial charge in [-0.3, -0.25) is 9.78 Å². The highest BCUT2D eigenvalue weighted by Crippen LogP contribution is 2.21. The second-order valence-electron chi connectivity index (χ2n) is 4.20. The molecular formula is C11H15N5O2. The number of aromatic nitrogens is 4. The van der Waals surface area contributed by atoms with Gasteiger partial charge in [0, 0.05) is 0 Å². The van der Waals surface area contributed by atoms with Crippen molar-refractivity contribution in [3.05, 3.63) is 28.8 Å². The lowest BCUT2D eigenvalue weighted by molar-refractivity contribution is 0.186. The average Bonchev–Trinajstić information content (AvgIpc) is 2.88. The molecule has 96 valence electrons. The Morgan fingerprint density at radius 2 is 2.33 bits per heavy atom. The van der Waals surface area contributed by atoms with Gasteiger partial charge in [-0.2, -0.15) is 4.98 Å². The lowest BCUT2D eigenvalue weighted by Gasteiger charge is -1.91. The molecule has 1 saturated carbocycles. The second-order valence-corrected chi connectivity index (χ2v) is 4.20. The predicted octanol–water partition coefficient (Wildman–Crippen LogP) is 0.316. The number of hydrogen-bond donors (Lipinski definition) is 4. The number of nitrogen functional groups attached to an aromatic ring is 1. The first-order chi connectivity index (χ1) is 8.56. The Morgan fingerprint density at radius 3 is 2.89 bits per heavy atom. The molecule has 7 heteroatoms. The summed E-state index contributed by atoms with van der Waals surface area (Å²) in [5, 5.41) is 8.84. The molecule has 0 amide bonds. The topological polar surface area (TPSA) is 121 Å². The van der Waals surface area contributed by atoms with E-state index < -0.39 is 0 Å². The fraction of sp³-hybridized carbons (Fsp3) is 0.364. The van der Waals surface area contributed by atoms with Gasteiger partial charge in [0.1, 0.15) is 0 Å². The minimum atomic E-state index is -0.301. The van der Waals surface area contributed by atoms with Crippen molar-refractivity contribution in [2.24, 2.45) is 0 Å². The Morgan fingerprint density at radius 1 is 1.56 bits per heavy atom. The number of nitrogens with one attached hydrogen (secondary N) is 2. The number of hydrogen-bond acceptors (Lipinski definition) is 5. The van der Waals surface area contributed by atoms with Gasteiger partial charge in [0.15, 0.2) is 11.2 Å². The first-order valence-electron chi connectivity index (χ1n) is 5.60. The maximum atomic E-state index is 11.0. The Bertz CT molecular complexity index is 615. The average molecular weight is 249 g/mol. The van der Waals surface area contributed by atoms with Gasteiger partial charge in [0.2, 0.25) is 5.95 Å². The molecule has 0 radical (unpaired) electrons. The highest BCUT2D eigenvalue weighted by atomic mass is 16.3. The van der Waals surface area contributed by atoms with E-state index in [2.05, 4.69) is 26.5 Å². The van der Waals surface area contributed by atoms with Crippen LogP contribution in [0.4, 0.5) is 5.95 Å². The first kappa shape index (κ1) is 12.3. The summed E-state index contributed by atoms with van der Waals surface area (Å²) in [6.07, 6.45) is 4.11. The van der Waals surface area contributed by atoms with Crippen molar-refractivity contribution in [2.75, 3.05) is 5.73 Å². The molecule has 0 saturated heterocycles. The zero-order valence-electron chi connectivity index (χ0n) is 9.81. The predicted molar refractivity (Wildman–Crippen MR) is 67.9 cm³/mol. The summed E-state index contributed by atoms with van der Waals surface area (Å²) >= 11 is 0. The van der Waals surface area contributed by atoms with Crippen molar-refractivity contribution < 1.29 is 5.11 Å². The van der Waals surface area contributed by atoms with E-state index in [4.69, 9.17) is 10.8 Å². The van der Waals surface area contributed by atoms with Crippen molar-refractivity contribution in [1.29, 1.82) is 0 Å². The van der Waals surface area contributed by atoms with E-state index in [1.807, 2.05) is 0 Å². The van der Waals surface area contributed by atoms with Gasteiger partial charge in [-0.15, -0.1) is 0 Å². The molecular weight excluding hydrogens is 234 g/mol. The molecule has 1 atom stereocenters. The van der Waals surface area contributed by atoms with Gasteiger partial charge in [-0.25, -0.2) is 4.98 Å². The van der Waals surface area contributed by atoms with Crippen LogP contribution in [0.1, 0.15) is 19.3 Å². The third-order valence-electron chi connectivity index (χ3n) is 2.67. The number of nitrogens with two attached hydrogens (primary N) is 1. The first-order valence-corrected chi connectivity index (χ1v) is 5.60. The van der Waals surface area contributed by atoms with E-state index in [9.17, 15) is 4.79 Å². The Kier molecular flexibility index (Phi) is 3.42. The Labute approximate surface area is 103 Å². The molecule has 1 aliphatic carbocycles. The fourth-order valence-corrected chi connectivity index (χ4v) is 1.77. The van der Waals surface area contributed by atoms with Crippen LogP contribution in [0, 0.1) is 0 Å². The number of aliphatic hydroxyl groups excluding tert-OH is 1. The third-order valence-corrected chi connectivity index (χ3v) is 2.67. The molecule has 1 fully saturated rings. The molecule has 2 aromatic rings. The molecule has 1 aliphatic rings. The maximum absolute atomic E-state index is 11.0. The summed E-state index contributed by atoms with van der Waals surface area (Å²) in [5.74, 6) is 0.0783. The molecule has 0 aromatic carbocycles. The SMILES string of the molecule is C=C1CCC(O)C1.Nc1nc2nc[nH]c2c(=O)[nH]1. The summed E-state index contributed by atoms with van der Waals surface area (Å²) in [6.45, 7) is 3.74. The molecule has 0 bridgehead atoms. The van der Waals surface area contributed by atoms with Crippen LogP contribution in [0.25, 0.3) is 11.2 Å². The molecule has 0 spiro atoms. The van der Waals surface area contributed by atoms with Gasteiger partial charge in [0.25, 0.3) is 5.56 Å². The molecule has 18 heavy (non-hydrogen) atoms. The summed E-state index contributed by atoms with van der Waals surface area (Å²) in [7, 11) is 0. The molecule has 0 aliphatic heterocycles. The molecule has 2 aromatic heterocycles. The van der Waals surface area contributed by atoms with Crippen LogP contribution >= 0.6 is 0 Å². The lowest BCUT2D eigenvalue weighted by Crippen LogP contribution is -2.10. The number of fused-ring (bicyclic) bond motifs is 1. The molecule has 3 rings (SSSR count). The van der Waals surface area contributed by atoms with Crippen molar-refractivity contribution >= 4 is 17.1 Å². The minimum absolute atomic E-state index is 0.0764. The van der Waals surface area contributed by atoms with Crippen molar-refractivity contribution in [2.45, 2.75) is 25.4 Å². The summed E-state index contributed by atoms with van der Waals surface area (Å²) < 4.78 is 0. The van der Waals surface area contributed by atoms with Crippen LogP contribution in [-0.4, -0.2) is 31.1 Å². The van der Waals surface area contributed by atoms with Crippen molar-refractivity contribution in [1.82, 2.24) is 19.9 Å². The largest absolute Gasteiger partial charge is 0.393 e. The zero-order chi connectivity index (χ0) is 13.1. The number of aromatic amines is 2. The number of anilines is 1. The molecule has 2 heterocycles. The van der Waals surface area contributed by atoms with Crippen LogP contribution in [-0.2, 0) is 0 Å². The van der Waals surface area contributed by atoms with Gasteiger partial charge >= 0.3 is 0 Å². The fourth-order valence-electron chi connectivity index (χ4n) is 1.77. The van der Waals surface area contributed by atoms with E-state index >= 15 is 0 Å². The van der Waals surface area contributed by atoms with Crippen LogP contribution in [0.2, 0.25) is 0 Å². The highest BCUT2D eigenvalue weighted by molar-refractivity contribution is 5.69. The smallest absolute Gasteiger partial charge is 0.278 e. The highest BCUT2D eigenvalue weighted by Gasteiger charge is 2.13. The molecule has 5 N–H and O–H groups in total. The maximum Gasteiger partial charge on any atom is 0.278 e. The van der Waals surface area contributed by atoms with Crippen molar-refractivity contribution in [3.8, 4) is 0 Å². The summed E-state index contributed by atoms with van der Waals surface area (Å²) in [5.41, 5.74) is 6.85. The van der Waals surface area contributed by atoms with Gasteiger partial charge in [0.05, 0.1) is 12.4 Å². The number of aliphatic hydroxyl groups is 1. The van der Waals surface area contributed by atoms with E-state index in [0.717, 1.165) is 19.3 Å². The van der Waals surface area contributed by atoms with Gasteiger partial charge in [-0.1, -0.05) is 12.2 Å². The zero-order valence-corrected chi connectivity index (χ0v) is 9.81. The Hall–Kier alpha value is -2.15. The normalized spacial score (nSPS) is 18.7. The van der Waals surface area contributed by atoms with Crippen LogP contribution in [0.5, 0.6) is 0 Å². The second kappa shape index (κ2) is 5.01. The van der Waals surface area contributed by atoms with Gasteiger partial charge in [-0.05, 0) is 19.3 Å². The van der Waals surface area contributed by atoms with E-state index in [-0.39, 0.29) is 17.6 Å². The lowest BCUT2D eigenvalue weighted by atomic mass is 10.3. The number of imidazole rings is 1. The minimum Gasteiger partial charge on any atom is -0.393 e. The number of nitrogens with zero attached hydrogens (tertiary/aromatic N) is 2. The number of H-pyrrole nitrogens is 2. The standard InChI is InChI=1S/C6H10O.C5H5N5O/c1-5-2-3-6(7)4-5;6-5-9-3-2(4(11)10-5)7-1-8-3/h6-7H,1-4H2;1H,(H4,6,7,8,9,10,11). The van der Waals surface area contributed by atoms with Crippen LogP contribution in [0.3, 0.4) is 0 Å². The molecule has 7 nitrogen and oxygen atoms in total. The summed E-state index contributed by atoms with van der Waals surface area (Å²) in [4.78, 5) is 23.5. The van der Waals surface area contributed by atoms with Gasteiger partial charge < -0.3 is 15.8 Å². The van der Waals surface area contributed by atoms with Crippen molar-refractivity contribution in [3.63, 3.8) is 0 Å². The number of rotatable bonds is 0. The summed E-state index contributed by atoms with van der Waals surface area (Å²) in [6, 6.07) is 0. The van der Waals surface area contributed by atoms with Crippen LogP contribution < -0.4 is 11.3 Å². The van der Waals surface area contributed by atoms with E-state index in [1.165, 1.54) is 11.9 Å². The van der Waals surface area contributed by atoms with E-state index in [1.54, 1.807) is 0 Å².